The first-order valence-corrected chi connectivity index (χ1v) is 18.4. The average molecular weight is 711 g/mol. The van der Waals surface area contributed by atoms with Gasteiger partial charge in [0.2, 0.25) is 0 Å². The molecule has 4 rings (SSSR count). The Bertz CT molecular complexity index is 1810. The molecule has 0 N–H and O–H groups in total. The molecule has 0 bridgehead atoms. The van der Waals surface area contributed by atoms with Crippen LogP contribution in [0.15, 0.2) is 83.7 Å². The van der Waals surface area contributed by atoms with Crippen molar-refractivity contribution in [3.05, 3.63) is 117 Å². The Morgan fingerprint density at radius 3 is 2.53 bits per heavy atom. The largest absolute Gasteiger partial charge is 0.486 e. The Balaban J connectivity index is 1.62. The number of rotatable bonds is 15. The van der Waals surface area contributed by atoms with Crippen molar-refractivity contribution in [3.8, 4) is 5.75 Å². The van der Waals surface area contributed by atoms with E-state index in [0.717, 1.165) is 42.0 Å². The maximum absolute atomic E-state index is 14.1. The lowest BCUT2D eigenvalue weighted by Crippen LogP contribution is -2.46. The number of ether oxygens (including phenoxy) is 3. The Morgan fingerprint density at radius 2 is 1.86 bits per heavy atom. The zero-order valence-electron chi connectivity index (χ0n) is 28.3. The highest BCUT2D eigenvalue weighted by atomic mass is 35.5. The lowest BCUT2D eigenvalue weighted by atomic mass is 9.67. The number of amides is 1. The SMILES string of the molecule is C=CC[C@H](C)C[S@@](=O)(CC(=O)O[C@@H](C)c1ccccc1)=NC(=O)c1ccc(OC[C@@]2(C(C)OC)CCCc3cc(Cl)ccc32)c([N+](=O)[O-])c1. The van der Waals surface area contributed by atoms with E-state index in [1.54, 1.807) is 32.2 Å². The second-order valence-electron chi connectivity index (χ2n) is 12.6. The second-order valence-corrected chi connectivity index (χ2v) is 15.4. The van der Waals surface area contributed by atoms with E-state index in [0.29, 0.717) is 11.4 Å². The molecule has 0 saturated carbocycles. The molecule has 49 heavy (non-hydrogen) atoms. The molecule has 3 aromatic rings. The van der Waals surface area contributed by atoms with Crippen LogP contribution in [0.1, 0.15) is 73.2 Å². The number of esters is 1. The predicted octanol–water partition coefficient (Wildman–Crippen LogP) is 8.06. The topological polar surface area (TPSA) is 134 Å². The summed E-state index contributed by atoms with van der Waals surface area (Å²) in [5, 5.41) is 12.9. The van der Waals surface area contributed by atoms with Crippen LogP contribution in [0, 0.1) is 16.0 Å². The van der Waals surface area contributed by atoms with Gasteiger partial charge in [-0.05, 0) is 86.4 Å². The zero-order chi connectivity index (χ0) is 35.8. The average Bonchev–Trinajstić information content (AvgIpc) is 3.06. The number of carbonyl (C=O) groups excluding carboxylic acids is 2. The van der Waals surface area contributed by atoms with Gasteiger partial charge >= 0.3 is 11.7 Å². The van der Waals surface area contributed by atoms with Crippen molar-refractivity contribution in [2.75, 3.05) is 25.2 Å². The number of halogens is 1. The number of nitro groups is 1. The number of methoxy groups -OCH3 is 1. The second kappa shape index (κ2) is 16.6. The van der Waals surface area contributed by atoms with E-state index >= 15 is 0 Å². The minimum absolute atomic E-state index is 0.0378. The highest BCUT2D eigenvalue weighted by Gasteiger charge is 2.43. The van der Waals surface area contributed by atoms with Crippen molar-refractivity contribution in [1.82, 2.24) is 0 Å². The molecule has 1 aliphatic rings. The zero-order valence-corrected chi connectivity index (χ0v) is 29.8. The lowest BCUT2D eigenvalue weighted by molar-refractivity contribution is -0.386. The Labute approximate surface area is 293 Å². The van der Waals surface area contributed by atoms with Gasteiger partial charge < -0.3 is 14.2 Å². The van der Waals surface area contributed by atoms with Crippen molar-refractivity contribution in [2.24, 2.45) is 10.3 Å². The van der Waals surface area contributed by atoms with Crippen molar-refractivity contribution < 1.29 is 32.9 Å². The van der Waals surface area contributed by atoms with E-state index in [9.17, 15) is 23.9 Å². The molecule has 1 unspecified atom stereocenters. The highest BCUT2D eigenvalue weighted by molar-refractivity contribution is 7.94. The summed E-state index contributed by atoms with van der Waals surface area (Å²) in [6.45, 7) is 9.24. The van der Waals surface area contributed by atoms with E-state index in [4.69, 9.17) is 25.8 Å². The molecule has 10 nitrogen and oxygen atoms in total. The van der Waals surface area contributed by atoms with Gasteiger partial charge in [-0.25, -0.2) is 4.21 Å². The molecule has 0 aliphatic heterocycles. The summed E-state index contributed by atoms with van der Waals surface area (Å²) in [5.74, 6) is -2.67. The van der Waals surface area contributed by atoms with Crippen LogP contribution < -0.4 is 4.74 Å². The molecule has 3 aromatic carbocycles. The third kappa shape index (κ3) is 9.35. The van der Waals surface area contributed by atoms with Crippen LogP contribution in [-0.4, -0.2) is 52.3 Å². The summed E-state index contributed by atoms with van der Waals surface area (Å²) in [5.41, 5.74) is 1.63. The van der Waals surface area contributed by atoms with Crippen molar-refractivity contribution in [1.29, 1.82) is 0 Å². The van der Waals surface area contributed by atoms with E-state index < -0.39 is 49.5 Å². The third-order valence-electron chi connectivity index (χ3n) is 8.98. The monoisotopic (exact) mass is 710 g/mol. The fraction of sp³-hybridized carbons (Fsp3) is 0.405. The number of hydrogen-bond donors (Lipinski definition) is 0. The summed E-state index contributed by atoms with van der Waals surface area (Å²) in [6, 6.07) is 18.5. The standard InChI is InChI=1S/C37H43ClN2O8S/c1-6-11-25(2)22-49(45,23-35(41)48-26(3)28-12-8-7-9-13-28)39-36(42)30-15-18-34(33(21-30)40(43)44)47-24-37(27(4)46-5)19-10-14-29-20-31(38)16-17-32(29)37/h6-9,12-13,15-18,20-21,25-27H,1,10-11,14,19,22-24H2,2-5H3/t25-,26-,27?,37+,49+/m0/s1. The summed E-state index contributed by atoms with van der Waals surface area (Å²) < 4.78 is 35.6. The highest BCUT2D eigenvalue weighted by Crippen LogP contribution is 2.43. The smallest absolute Gasteiger partial charge is 0.320 e. The van der Waals surface area contributed by atoms with Crippen molar-refractivity contribution >= 4 is 38.9 Å². The molecule has 1 amide bonds. The number of aryl methyl sites for hydroxylation is 1. The molecule has 12 heteroatoms. The molecule has 0 aromatic heterocycles. The van der Waals surface area contributed by atoms with Gasteiger partial charge in [-0.15, -0.1) is 6.58 Å². The third-order valence-corrected chi connectivity index (χ3v) is 11.5. The summed E-state index contributed by atoms with van der Waals surface area (Å²) in [7, 11) is -1.86. The van der Waals surface area contributed by atoms with Crippen molar-refractivity contribution in [2.45, 2.75) is 64.1 Å². The Hall–Kier alpha value is -4.06. The first kappa shape index (κ1) is 37.8. The number of nitro benzene ring substituents is 1. The maximum atomic E-state index is 14.1. The quantitative estimate of drug-likeness (QED) is 0.0669. The van der Waals surface area contributed by atoms with Crippen LogP contribution in [0.5, 0.6) is 5.75 Å². The number of hydrogen-bond acceptors (Lipinski definition) is 8. The fourth-order valence-electron chi connectivity index (χ4n) is 6.36. The number of carbonyl (C=O) groups is 2. The molecule has 0 radical (unpaired) electrons. The van der Waals surface area contributed by atoms with Gasteiger partial charge in [-0.1, -0.05) is 61.0 Å². The minimum atomic E-state index is -3.48. The van der Waals surface area contributed by atoms with Gasteiger partial charge in [-0.2, -0.15) is 4.36 Å². The van der Waals surface area contributed by atoms with Crippen LogP contribution >= 0.6 is 11.6 Å². The Morgan fingerprint density at radius 1 is 1.12 bits per heavy atom. The molecule has 262 valence electrons. The first-order valence-electron chi connectivity index (χ1n) is 16.2. The van der Waals surface area contributed by atoms with Gasteiger partial charge in [0.25, 0.3) is 5.91 Å². The lowest BCUT2D eigenvalue weighted by Gasteiger charge is -2.42. The van der Waals surface area contributed by atoms with Crippen LogP contribution in [0.2, 0.25) is 5.02 Å². The molecular weight excluding hydrogens is 668 g/mol. The number of benzene rings is 3. The van der Waals surface area contributed by atoms with E-state index in [1.165, 1.54) is 12.1 Å². The predicted molar refractivity (Wildman–Crippen MR) is 191 cm³/mol. The number of allylic oxidation sites excluding steroid dienone is 1. The van der Waals surface area contributed by atoms with Crippen LogP contribution in [-0.2, 0) is 35.8 Å². The minimum Gasteiger partial charge on any atom is -0.486 e. The van der Waals surface area contributed by atoms with E-state index in [-0.39, 0.29) is 35.7 Å². The molecule has 0 heterocycles. The van der Waals surface area contributed by atoms with E-state index in [1.807, 2.05) is 50.2 Å². The fourth-order valence-corrected chi connectivity index (χ4v) is 8.68. The van der Waals surface area contributed by atoms with Crippen LogP contribution in [0.3, 0.4) is 0 Å². The van der Waals surface area contributed by atoms with Gasteiger partial charge in [0.1, 0.15) is 18.5 Å². The molecule has 0 saturated heterocycles. The molecule has 0 spiro atoms. The molecule has 1 aliphatic carbocycles. The summed E-state index contributed by atoms with van der Waals surface area (Å²) in [4.78, 5) is 38.0. The maximum Gasteiger partial charge on any atom is 0.320 e. The van der Waals surface area contributed by atoms with Crippen LogP contribution in [0.4, 0.5) is 5.69 Å². The molecular formula is C37H43ClN2O8S. The normalized spacial score (nSPS) is 18.6. The first-order chi connectivity index (χ1) is 23.3. The van der Waals surface area contributed by atoms with Gasteiger partial charge in [0, 0.05) is 29.5 Å². The van der Waals surface area contributed by atoms with Crippen molar-refractivity contribution in [3.63, 3.8) is 0 Å². The molecule has 5 atom stereocenters. The Kier molecular flexibility index (Phi) is 12.8. The number of fused-ring (bicyclic) bond motifs is 1. The summed E-state index contributed by atoms with van der Waals surface area (Å²) in [6.07, 6.45) is 3.66. The van der Waals surface area contributed by atoms with E-state index in [2.05, 4.69) is 10.9 Å². The van der Waals surface area contributed by atoms with Gasteiger partial charge in [0.05, 0.1) is 26.2 Å². The van der Waals surface area contributed by atoms with Crippen LogP contribution in [0.25, 0.3) is 0 Å². The van der Waals surface area contributed by atoms with Gasteiger partial charge in [0.15, 0.2) is 5.75 Å². The number of nitrogens with zero attached hydrogens (tertiary/aromatic N) is 2. The van der Waals surface area contributed by atoms with Gasteiger partial charge in [-0.3, -0.25) is 19.7 Å². The molecule has 0 fully saturated rings. The summed E-state index contributed by atoms with van der Waals surface area (Å²) >= 11 is 6.28.